The number of ether oxygens (including phenoxy) is 1. The number of anilines is 1. The molecule has 0 amide bonds. The average molecular weight is 538 g/mol. The third-order valence-corrected chi connectivity index (χ3v) is 5.62. The van der Waals surface area contributed by atoms with Gasteiger partial charge in [-0.15, -0.1) is 0 Å². The van der Waals surface area contributed by atoms with Gasteiger partial charge in [-0.3, -0.25) is 4.79 Å². The minimum absolute atomic E-state index is 0.0962. The number of carbonyl (C=O) groups excluding carboxylic acids is 1. The molecule has 2 atom stereocenters. The lowest BCUT2D eigenvalue weighted by Gasteiger charge is -2.21. The summed E-state index contributed by atoms with van der Waals surface area (Å²) in [5.74, 6) is -1.38. The minimum atomic E-state index is -3.35. The van der Waals surface area contributed by atoms with E-state index >= 15 is 0 Å². The molecule has 0 saturated carbocycles. The number of aliphatic hydroxyl groups is 2. The van der Waals surface area contributed by atoms with Crippen LogP contribution in [-0.2, 0) is 19.4 Å². The van der Waals surface area contributed by atoms with E-state index in [-0.39, 0.29) is 30.6 Å². The maximum Gasteiger partial charge on any atom is 0.308 e. The Morgan fingerprint density at radius 3 is 2.32 bits per heavy atom. The van der Waals surface area contributed by atoms with Crippen molar-refractivity contribution in [3.05, 3.63) is 47.4 Å². The maximum atomic E-state index is 13.6. The summed E-state index contributed by atoms with van der Waals surface area (Å²) < 4.78 is 42.1. The van der Waals surface area contributed by atoms with Crippen LogP contribution < -0.4 is 5.32 Å². The normalized spacial score (nSPS) is 14.1. The predicted octanol–water partition coefficient (Wildman–Crippen LogP) is 3.68. The second kappa shape index (κ2) is 12.6. The highest BCUT2D eigenvalue weighted by Gasteiger charge is 2.21. The monoisotopic (exact) mass is 537 g/mol. The fourth-order valence-corrected chi connectivity index (χ4v) is 3.81. The first-order chi connectivity index (χ1) is 17.0. The number of esters is 1. The standard InChI is InChI=1S/C26H36FN3O6S/c1-16(2)23-21(12-11-19(31)13-20(32)14-22(33)36-26(3,4)5)24(17-7-9-18(27)10-8-17)30-25(29-23)28-15-37(6,34)35/h7-12,16,19-20,31-32H,13-15H2,1-6H3,(H,28,29,30). The highest BCUT2D eigenvalue weighted by Crippen LogP contribution is 2.30. The number of aliphatic hydroxyl groups excluding tert-OH is 2. The molecule has 0 aliphatic rings. The first kappa shape index (κ1) is 30.3. The van der Waals surface area contributed by atoms with Crippen molar-refractivity contribution < 1.29 is 32.6 Å². The van der Waals surface area contributed by atoms with Crippen LogP contribution in [0, 0.1) is 5.82 Å². The second-order valence-electron chi connectivity index (χ2n) is 10.2. The molecule has 2 rings (SSSR count). The molecular formula is C26H36FN3O6S. The van der Waals surface area contributed by atoms with Gasteiger partial charge in [-0.1, -0.05) is 26.0 Å². The molecule has 0 bridgehead atoms. The number of carbonyl (C=O) groups is 1. The highest BCUT2D eigenvalue weighted by molar-refractivity contribution is 7.90. The fraction of sp³-hybridized carbons (Fsp3) is 0.500. The van der Waals surface area contributed by atoms with E-state index in [1.54, 1.807) is 39.0 Å². The number of nitrogens with one attached hydrogen (secondary N) is 1. The van der Waals surface area contributed by atoms with Crippen LogP contribution in [0.4, 0.5) is 10.3 Å². The van der Waals surface area contributed by atoms with Crippen LogP contribution in [0.3, 0.4) is 0 Å². The van der Waals surface area contributed by atoms with E-state index in [9.17, 15) is 27.8 Å². The van der Waals surface area contributed by atoms with Crippen molar-refractivity contribution in [2.45, 2.75) is 71.2 Å². The molecular weight excluding hydrogens is 501 g/mol. The minimum Gasteiger partial charge on any atom is -0.460 e. The van der Waals surface area contributed by atoms with E-state index in [0.717, 1.165) is 6.26 Å². The molecule has 9 nitrogen and oxygen atoms in total. The molecule has 1 aromatic heterocycles. The summed E-state index contributed by atoms with van der Waals surface area (Å²) in [5.41, 5.74) is 1.41. The van der Waals surface area contributed by atoms with E-state index in [0.29, 0.717) is 22.5 Å². The summed E-state index contributed by atoms with van der Waals surface area (Å²) >= 11 is 0. The summed E-state index contributed by atoms with van der Waals surface area (Å²) in [7, 11) is -3.35. The summed E-state index contributed by atoms with van der Waals surface area (Å²) in [6.07, 6.45) is 1.58. The number of benzene rings is 1. The Morgan fingerprint density at radius 2 is 1.78 bits per heavy atom. The fourth-order valence-electron chi connectivity index (χ4n) is 3.42. The van der Waals surface area contributed by atoms with Crippen molar-refractivity contribution >= 4 is 27.8 Å². The SMILES string of the molecule is CC(C)c1nc(NCS(C)(=O)=O)nc(-c2ccc(F)cc2)c1C=CC(O)CC(O)CC(=O)OC(C)(C)C. The summed E-state index contributed by atoms with van der Waals surface area (Å²) in [6, 6.07) is 5.65. The van der Waals surface area contributed by atoms with E-state index in [1.807, 2.05) is 13.8 Å². The van der Waals surface area contributed by atoms with Gasteiger partial charge in [0.25, 0.3) is 0 Å². The Balaban J connectivity index is 2.38. The first-order valence-corrected chi connectivity index (χ1v) is 14.0. The van der Waals surface area contributed by atoms with Gasteiger partial charge >= 0.3 is 5.97 Å². The highest BCUT2D eigenvalue weighted by atomic mass is 32.2. The van der Waals surface area contributed by atoms with Gasteiger partial charge in [0.15, 0.2) is 9.84 Å². The van der Waals surface area contributed by atoms with Gasteiger partial charge in [0, 0.05) is 23.8 Å². The first-order valence-electron chi connectivity index (χ1n) is 11.9. The van der Waals surface area contributed by atoms with Crippen LogP contribution in [0.1, 0.15) is 64.6 Å². The van der Waals surface area contributed by atoms with Crippen LogP contribution in [0.5, 0.6) is 0 Å². The molecule has 0 radical (unpaired) electrons. The summed E-state index contributed by atoms with van der Waals surface area (Å²) in [6.45, 7) is 8.97. The van der Waals surface area contributed by atoms with E-state index in [1.165, 1.54) is 18.2 Å². The van der Waals surface area contributed by atoms with Gasteiger partial charge in [0.2, 0.25) is 5.95 Å². The summed E-state index contributed by atoms with van der Waals surface area (Å²) in [5, 5.41) is 23.5. The number of rotatable bonds is 11. The lowest BCUT2D eigenvalue weighted by atomic mass is 9.97. The number of nitrogens with zero attached hydrogens (tertiary/aromatic N) is 2. The number of halogens is 1. The van der Waals surface area contributed by atoms with Crippen LogP contribution in [-0.4, -0.2) is 64.5 Å². The molecule has 3 N–H and O–H groups in total. The number of hydrogen-bond donors (Lipinski definition) is 3. The zero-order valence-corrected chi connectivity index (χ0v) is 22.8. The third-order valence-electron chi connectivity index (χ3n) is 4.95. The molecule has 204 valence electrons. The van der Waals surface area contributed by atoms with Crippen molar-refractivity contribution in [1.29, 1.82) is 0 Å². The number of sulfone groups is 1. The molecule has 11 heteroatoms. The molecule has 1 heterocycles. The lowest BCUT2D eigenvalue weighted by molar-refractivity contribution is -0.157. The molecule has 0 aliphatic carbocycles. The van der Waals surface area contributed by atoms with Crippen LogP contribution in [0.2, 0.25) is 0 Å². The lowest BCUT2D eigenvalue weighted by Crippen LogP contribution is -2.27. The van der Waals surface area contributed by atoms with E-state index in [2.05, 4.69) is 15.3 Å². The van der Waals surface area contributed by atoms with Crippen molar-refractivity contribution in [2.75, 3.05) is 17.4 Å². The Kier molecular flexibility index (Phi) is 10.3. The van der Waals surface area contributed by atoms with Gasteiger partial charge in [-0.2, -0.15) is 0 Å². The zero-order chi connectivity index (χ0) is 28.0. The van der Waals surface area contributed by atoms with E-state index < -0.39 is 39.4 Å². The largest absolute Gasteiger partial charge is 0.460 e. The van der Waals surface area contributed by atoms with Gasteiger partial charge in [-0.05, 0) is 51.0 Å². The van der Waals surface area contributed by atoms with Crippen LogP contribution >= 0.6 is 0 Å². The Morgan fingerprint density at radius 1 is 1.16 bits per heavy atom. The van der Waals surface area contributed by atoms with Gasteiger partial charge in [0.1, 0.15) is 17.3 Å². The van der Waals surface area contributed by atoms with Crippen molar-refractivity contribution in [1.82, 2.24) is 9.97 Å². The molecule has 1 aromatic carbocycles. The third kappa shape index (κ3) is 10.6. The smallest absolute Gasteiger partial charge is 0.308 e. The molecule has 37 heavy (non-hydrogen) atoms. The van der Waals surface area contributed by atoms with Crippen molar-refractivity contribution in [3.63, 3.8) is 0 Å². The summed E-state index contributed by atoms with van der Waals surface area (Å²) in [4.78, 5) is 20.9. The average Bonchev–Trinajstić information content (AvgIpc) is 2.74. The second-order valence-corrected chi connectivity index (χ2v) is 12.3. The van der Waals surface area contributed by atoms with Crippen molar-refractivity contribution in [3.8, 4) is 11.3 Å². The number of aromatic nitrogens is 2. The van der Waals surface area contributed by atoms with Crippen LogP contribution in [0.25, 0.3) is 17.3 Å². The number of hydrogen-bond acceptors (Lipinski definition) is 9. The van der Waals surface area contributed by atoms with Gasteiger partial charge in [-0.25, -0.2) is 22.8 Å². The quantitative estimate of drug-likeness (QED) is 0.366. The van der Waals surface area contributed by atoms with E-state index in [4.69, 9.17) is 4.74 Å². The predicted molar refractivity (Wildman–Crippen MR) is 141 cm³/mol. The topological polar surface area (TPSA) is 139 Å². The molecule has 0 saturated heterocycles. The molecule has 2 unspecified atom stereocenters. The molecule has 0 aliphatic heterocycles. The van der Waals surface area contributed by atoms with Crippen LogP contribution in [0.15, 0.2) is 30.3 Å². The molecule has 2 aromatic rings. The molecule has 0 fully saturated rings. The van der Waals surface area contributed by atoms with Gasteiger partial charge in [0.05, 0.1) is 30.0 Å². The zero-order valence-electron chi connectivity index (χ0n) is 22.0. The Bertz CT molecular complexity index is 1210. The Labute approximate surface area is 217 Å². The Hall–Kier alpha value is -2.89. The van der Waals surface area contributed by atoms with Gasteiger partial charge < -0.3 is 20.3 Å². The van der Waals surface area contributed by atoms with Crippen molar-refractivity contribution in [2.24, 2.45) is 0 Å². The molecule has 0 spiro atoms. The maximum absolute atomic E-state index is 13.6.